The third kappa shape index (κ3) is 11.8. The second kappa shape index (κ2) is 21.8. The normalized spacial score (nSPS) is 10.9. The molecule has 8 aromatic rings. The highest BCUT2D eigenvalue weighted by Gasteiger charge is 2.18. The van der Waals surface area contributed by atoms with E-state index in [-0.39, 0.29) is 11.5 Å². The van der Waals surface area contributed by atoms with E-state index in [1.54, 1.807) is 31.4 Å². The summed E-state index contributed by atoms with van der Waals surface area (Å²) in [5.41, 5.74) is 9.29. The van der Waals surface area contributed by atoms with E-state index >= 15 is 0 Å². The molecule has 0 atom stereocenters. The third-order valence-corrected chi connectivity index (χ3v) is 11.0. The molecule has 8 rings (SSSR count). The molecular weight excluding hydrogens is 809 g/mol. The maximum Gasteiger partial charge on any atom is 0.167 e. The fraction of sp³-hybridized carbons (Fsp3) is 0.236. The average Bonchev–Trinajstić information content (AvgIpc) is 3.31. The van der Waals surface area contributed by atoms with Crippen molar-refractivity contribution in [3.8, 4) is 91.3 Å². The Balaban J connectivity index is 0.000000205. The molecule has 0 saturated carbocycles. The van der Waals surface area contributed by atoms with Crippen LogP contribution in [0.4, 0.5) is 0 Å². The number of phenols is 2. The number of aryl methyl sites for hydroxylation is 4. The Morgan fingerprint density at radius 2 is 0.815 bits per heavy atom. The van der Waals surface area contributed by atoms with Crippen molar-refractivity contribution in [2.24, 2.45) is 0 Å². The summed E-state index contributed by atoms with van der Waals surface area (Å²) < 4.78 is 11.1. The zero-order valence-electron chi connectivity index (χ0n) is 38.0. The van der Waals surface area contributed by atoms with Crippen LogP contribution >= 0.6 is 0 Å². The number of unbranched alkanes of at least 4 members (excludes halogenated alkanes) is 5. The second-order valence-electron chi connectivity index (χ2n) is 16.2. The zero-order valence-corrected chi connectivity index (χ0v) is 38.0. The molecule has 0 spiro atoms. The molecule has 6 aromatic carbocycles. The van der Waals surface area contributed by atoms with Crippen LogP contribution in [0.5, 0.6) is 23.0 Å². The molecule has 0 aliphatic carbocycles. The van der Waals surface area contributed by atoms with Gasteiger partial charge >= 0.3 is 0 Å². The van der Waals surface area contributed by atoms with Crippen LogP contribution in [0, 0.1) is 27.7 Å². The van der Waals surface area contributed by atoms with Crippen molar-refractivity contribution in [1.82, 2.24) is 29.9 Å². The number of phenolic OH excluding ortho intramolecular Hbond substituents is 2. The Bertz CT molecular complexity index is 2720. The van der Waals surface area contributed by atoms with Crippen LogP contribution in [0.2, 0.25) is 0 Å². The fourth-order valence-electron chi connectivity index (χ4n) is 7.49. The highest BCUT2D eigenvalue weighted by molar-refractivity contribution is 5.73. The molecule has 2 N–H and O–H groups in total. The maximum absolute atomic E-state index is 11.0. The molecule has 2 aromatic heterocycles. The quantitative estimate of drug-likeness (QED) is 0.0958. The lowest BCUT2D eigenvalue weighted by Crippen LogP contribution is -2.02. The first-order valence-electron chi connectivity index (χ1n) is 22.2. The van der Waals surface area contributed by atoms with Crippen LogP contribution in [0.25, 0.3) is 68.3 Å². The lowest BCUT2D eigenvalue weighted by molar-refractivity contribution is 0.303. The Hall–Kier alpha value is -7.46. The monoisotopic (exact) mass is 864 g/mol. The van der Waals surface area contributed by atoms with Gasteiger partial charge in [-0.3, -0.25) is 0 Å². The van der Waals surface area contributed by atoms with Gasteiger partial charge in [-0.25, -0.2) is 29.9 Å². The van der Waals surface area contributed by atoms with Crippen LogP contribution < -0.4 is 9.47 Å². The summed E-state index contributed by atoms with van der Waals surface area (Å²) in [5.74, 6) is 4.48. The number of methoxy groups -OCH3 is 1. The smallest absolute Gasteiger partial charge is 0.167 e. The number of hydrogen-bond donors (Lipinski definition) is 2. The number of ether oxygens (including phenoxy) is 2. The number of aromatic hydroxyl groups is 2. The summed E-state index contributed by atoms with van der Waals surface area (Å²) in [6.45, 7) is 11.1. The fourth-order valence-corrected chi connectivity index (χ4v) is 7.49. The van der Waals surface area contributed by atoms with Crippen molar-refractivity contribution in [1.29, 1.82) is 0 Å². The van der Waals surface area contributed by atoms with Gasteiger partial charge in [0.15, 0.2) is 34.9 Å². The number of rotatable bonds is 15. The Labute approximate surface area is 382 Å². The van der Waals surface area contributed by atoms with Gasteiger partial charge in [0.25, 0.3) is 0 Å². The molecule has 0 fully saturated rings. The Morgan fingerprint density at radius 3 is 1.28 bits per heavy atom. The van der Waals surface area contributed by atoms with E-state index in [2.05, 4.69) is 86.0 Å². The largest absolute Gasteiger partial charge is 0.507 e. The van der Waals surface area contributed by atoms with Crippen molar-refractivity contribution in [2.75, 3.05) is 13.7 Å². The van der Waals surface area contributed by atoms with Gasteiger partial charge in [0.2, 0.25) is 0 Å². The predicted molar refractivity (Wildman–Crippen MR) is 260 cm³/mol. The van der Waals surface area contributed by atoms with Crippen molar-refractivity contribution in [3.05, 3.63) is 156 Å². The first-order chi connectivity index (χ1) is 31.6. The lowest BCUT2D eigenvalue weighted by atomic mass is 10.0. The summed E-state index contributed by atoms with van der Waals surface area (Å²) in [5, 5.41) is 21.4. The maximum atomic E-state index is 11.0. The van der Waals surface area contributed by atoms with Crippen LogP contribution in [-0.2, 0) is 0 Å². The minimum Gasteiger partial charge on any atom is -0.507 e. The molecule has 0 aliphatic rings. The van der Waals surface area contributed by atoms with Gasteiger partial charge in [0, 0.05) is 34.4 Å². The molecule has 0 radical (unpaired) electrons. The number of aromatic nitrogens is 6. The van der Waals surface area contributed by atoms with E-state index < -0.39 is 0 Å². The van der Waals surface area contributed by atoms with Gasteiger partial charge in [-0.1, -0.05) is 147 Å². The second-order valence-corrected chi connectivity index (χ2v) is 16.2. The molecule has 0 saturated heterocycles. The molecule has 330 valence electrons. The molecule has 2 heterocycles. The van der Waals surface area contributed by atoms with E-state index in [0.717, 1.165) is 46.2 Å². The molecule has 0 aliphatic heterocycles. The van der Waals surface area contributed by atoms with Crippen LogP contribution in [0.15, 0.2) is 133 Å². The Morgan fingerprint density at radius 1 is 0.415 bits per heavy atom. The van der Waals surface area contributed by atoms with Crippen molar-refractivity contribution >= 4 is 0 Å². The summed E-state index contributed by atoms with van der Waals surface area (Å²) in [6.07, 6.45) is 7.25. The van der Waals surface area contributed by atoms with Gasteiger partial charge in [0.05, 0.1) is 24.8 Å². The number of nitrogens with zero attached hydrogens (tertiary/aromatic N) is 6. The number of hydrogen-bond acceptors (Lipinski definition) is 10. The highest BCUT2D eigenvalue weighted by atomic mass is 16.5. The van der Waals surface area contributed by atoms with E-state index in [1.807, 2.05) is 72.8 Å². The van der Waals surface area contributed by atoms with Crippen molar-refractivity contribution in [3.63, 3.8) is 0 Å². The minimum atomic E-state index is 0.0542. The standard InChI is InChI=1S/C33H39N3O2.C22H17N3O2/c1-6-7-8-9-10-11-18-38-26-14-17-29(30(37)21-26)33-35-31(27-15-12-22(2)19-24(27)4)34-32(36-33)28-16-13-23(3)20-25(28)5;1-27-17-12-13-18(19(26)14-17)22-24-20(15-8-4-2-5-9-15)23-21(25-22)16-10-6-3-7-11-16/h12-17,19-21,37H,6-11,18H2,1-5H3;2-14,26H,1H3. The van der Waals surface area contributed by atoms with Crippen LogP contribution in [0.1, 0.15) is 67.7 Å². The first-order valence-corrected chi connectivity index (χ1v) is 22.2. The van der Waals surface area contributed by atoms with Gasteiger partial charge in [-0.05, 0) is 69.5 Å². The topological polar surface area (TPSA) is 136 Å². The van der Waals surface area contributed by atoms with Crippen LogP contribution in [0.3, 0.4) is 0 Å². The molecule has 10 heteroatoms. The molecule has 65 heavy (non-hydrogen) atoms. The van der Waals surface area contributed by atoms with Crippen molar-refractivity contribution in [2.45, 2.75) is 73.1 Å². The van der Waals surface area contributed by atoms with Gasteiger partial charge in [-0.15, -0.1) is 0 Å². The lowest BCUT2D eigenvalue weighted by Gasteiger charge is -2.13. The summed E-state index contributed by atoms with van der Waals surface area (Å²) in [4.78, 5) is 28.3. The molecular formula is C55H56N6O4. The summed E-state index contributed by atoms with van der Waals surface area (Å²) in [6, 6.07) is 42.3. The molecule has 0 amide bonds. The van der Waals surface area contributed by atoms with Crippen molar-refractivity contribution < 1.29 is 19.7 Å². The SMILES string of the molecule is CCCCCCCCOc1ccc(-c2nc(-c3ccc(C)cc3C)nc(-c3ccc(C)cc3C)n2)c(O)c1.COc1ccc(-c2nc(-c3ccccc3)nc(-c3ccccc3)n2)c(O)c1. The predicted octanol–water partition coefficient (Wildman–Crippen LogP) is 13.1. The molecule has 0 unspecified atom stereocenters. The molecule has 10 nitrogen and oxygen atoms in total. The average molecular weight is 865 g/mol. The third-order valence-electron chi connectivity index (χ3n) is 11.0. The van der Waals surface area contributed by atoms with Gasteiger partial charge < -0.3 is 19.7 Å². The highest BCUT2D eigenvalue weighted by Crippen LogP contribution is 2.35. The first kappa shape index (κ1) is 45.6. The number of benzene rings is 6. The van der Waals surface area contributed by atoms with Gasteiger partial charge in [0.1, 0.15) is 23.0 Å². The Kier molecular flexibility index (Phi) is 15.2. The summed E-state index contributed by atoms with van der Waals surface area (Å²) in [7, 11) is 1.55. The van der Waals surface area contributed by atoms with Gasteiger partial charge in [-0.2, -0.15) is 0 Å². The van der Waals surface area contributed by atoms with E-state index in [1.165, 1.54) is 36.8 Å². The summed E-state index contributed by atoms with van der Waals surface area (Å²) >= 11 is 0. The minimum absolute atomic E-state index is 0.0542. The zero-order chi connectivity index (χ0) is 45.7. The molecule has 0 bridgehead atoms. The van der Waals surface area contributed by atoms with Crippen LogP contribution in [-0.4, -0.2) is 53.8 Å². The van der Waals surface area contributed by atoms with E-state index in [9.17, 15) is 10.2 Å². The van der Waals surface area contributed by atoms with E-state index in [4.69, 9.17) is 24.4 Å². The van der Waals surface area contributed by atoms with E-state index in [0.29, 0.717) is 64.2 Å².